The van der Waals surface area contributed by atoms with E-state index in [-0.39, 0.29) is 11.6 Å². The monoisotopic (exact) mass is 341 g/mol. The van der Waals surface area contributed by atoms with Crippen molar-refractivity contribution < 1.29 is 19.1 Å². The number of carbonyl (C=O) groups is 1. The molecule has 3 aromatic rings. The molecule has 0 aliphatic carbocycles. The Morgan fingerprint density at radius 2 is 2.08 bits per heavy atom. The molecule has 7 heteroatoms. The zero-order valence-electron chi connectivity index (χ0n) is 13.9. The molecule has 2 unspecified atom stereocenters. The minimum Gasteiger partial charge on any atom is -0.497 e. The zero-order chi connectivity index (χ0) is 17.8. The van der Waals surface area contributed by atoms with Crippen LogP contribution in [-0.4, -0.2) is 34.4 Å². The van der Waals surface area contributed by atoms with Crippen LogP contribution in [0.2, 0.25) is 0 Å². The fourth-order valence-corrected chi connectivity index (χ4v) is 2.45. The number of carbonyl (C=O) groups excluding carboxylic acids is 1. The number of ether oxygens (including phenoxy) is 1. The number of hydrogen-bond donors (Lipinski definition) is 3. The minimum atomic E-state index is -0.849. The van der Waals surface area contributed by atoms with E-state index in [2.05, 4.69) is 15.5 Å². The average molecular weight is 341 g/mol. The van der Waals surface area contributed by atoms with Crippen LogP contribution >= 0.6 is 0 Å². The summed E-state index contributed by atoms with van der Waals surface area (Å²) >= 11 is 0. The smallest absolute Gasteiger partial charge is 0.272 e. The lowest BCUT2D eigenvalue weighted by Crippen LogP contribution is -2.37. The summed E-state index contributed by atoms with van der Waals surface area (Å²) in [5, 5.41) is 19.9. The largest absolute Gasteiger partial charge is 0.497 e. The number of amides is 1. The highest BCUT2D eigenvalue weighted by Crippen LogP contribution is 2.21. The molecule has 0 saturated carbocycles. The van der Waals surface area contributed by atoms with Gasteiger partial charge in [-0.15, -0.1) is 0 Å². The van der Waals surface area contributed by atoms with Crippen molar-refractivity contribution in [3.63, 3.8) is 0 Å². The van der Waals surface area contributed by atoms with E-state index in [9.17, 15) is 9.90 Å². The Morgan fingerprint density at radius 3 is 2.72 bits per heavy atom. The second-order valence-electron chi connectivity index (χ2n) is 5.62. The molecule has 1 aromatic carbocycles. The first-order chi connectivity index (χ1) is 12.1. The van der Waals surface area contributed by atoms with E-state index in [1.165, 1.54) is 0 Å². The number of aromatic nitrogens is 2. The molecule has 2 heterocycles. The molecule has 0 aliphatic heterocycles. The molecule has 0 spiro atoms. The van der Waals surface area contributed by atoms with E-state index < -0.39 is 12.1 Å². The second kappa shape index (κ2) is 7.23. The van der Waals surface area contributed by atoms with Crippen molar-refractivity contribution in [2.75, 3.05) is 7.11 Å². The summed E-state index contributed by atoms with van der Waals surface area (Å²) in [7, 11) is 1.58. The molecule has 2 aromatic heterocycles. The first kappa shape index (κ1) is 16.8. The Bertz CT molecular complexity index is 824. The molecule has 3 rings (SSSR count). The summed E-state index contributed by atoms with van der Waals surface area (Å²) in [6, 6.07) is 11.7. The van der Waals surface area contributed by atoms with E-state index in [0.29, 0.717) is 22.8 Å². The van der Waals surface area contributed by atoms with Gasteiger partial charge in [-0.25, -0.2) is 0 Å². The van der Waals surface area contributed by atoms with Crippen molar-refractivity contribution in [2.24, 2.45) is 0 Å². The lowest BCUT2D eigenvalue weighted by molar-refractivity contribution is 0.0847. The number of rotatable bonds is 6. The maximum Gasteiger partial charge on any atom is 0.272 e. The standard InChI is InChI=1S/C18H19N3O4/c1-11(17(22)12-5-7-13(24-2)8-6-12)19-18(23)15-10-14(20-21-15)16-4-3-9-25-16/h3-11,17,22H,1-2H3,(H,19,23)(H,20,21). The summed E-state index contributed by atoms with van der Waals surface area (Å²) in [4.78, 5) is 12.3. The van der Waals surface area contributed by atoms with Gasteiger partial charge < -0.3 is 19.6 Å². The highest BCUT2D eigenvalue weighted by molar-refractivity contribution is 5.93. The van der Waals surface area contributed by atoms with Crippen LogP contribution in [0.3, 0.4) is 0 Å². The number of hydrogen-bond acceptors (Lipinski definition) is 5. The predicted molar refractivity (Wildman–Crippen MR) is 91.2 cm³/mol. The second-order valence-corrected chi connectivity index (χ2v) is 5.62. The lowest BCUT2D eigenvalue weighted by atomic mass is 10.0. The van der Waals surface area contributed by atoms with Crippen LogP contribution in [-0.2, 0) is 0 Å². The number of nitrogens with zero attached hydrogens (tertiary/aromatic N) is 1. The summed E-state index contributed by atoms with van der Waals surface area (Å²) < 4.78 is 10.3. The highest BCUT2D eigenvalue weighted by Gasteiger charge is 2.21. The van der Waals surface area contributed by atoms with Gasteiger partial charge in [-0.2, -0.15) is 5.10 Å². The minimum absolute atomic E-state index is 0.222. The molecule has 7 nitrogen and oxygen atoms in total. The van der Waals surface area contributed by atoms with Crippen molar-refractivity contribution >= 4 is 5.91 Å². The van der Waals surface area contributed by atoms with Crippen molar-refractivity contribution in [3.8, 4) is 17.2 Å². The van der Waals surface area contributed by atoms with Gasteiger partial charge in [0.2, 0.25) is 0 Å². The van der Waals surface area contributed by atoms with Gasteiger partial charge >= 0.3 is 0 Å². The number of nitrogens with one attached hydrogen (secondary N) is 2. The summed E-state index contributed by atoms with van der Waals surface area (Å²) in [6.45, 7) is 1.73. The molecular formula is C18H19N3O4. The molecule has 2 atom stereocenters. The van der Waals surface area contributed by atoms with E-state index in [0.717, 1.165) is 0 Å². The Hall–Kier alpha value is -3.06. The fourth-order valence-electron chi connectivity index (χ4n) is 2.45. The van der Waals surface area contributed by atoms with Crippen LogP contribution in [0.25, 0.3) is 11.5 Å². The third kappa shape index (κ3) is 3.72. The number of H-pyrrole nitrogens is 1. The molecular weight excluding hydrogens is 322 g/mol. The van der Waals surface area contributed by atoms with Crippen molar-refractivity contribution in [1.29, 1.82) is 0 Å². The van der Waals surface area contributed by atoms with E-state index >= 15 is 0 Å². The number of methoxy groups -OCH3 is 1. The molecule has 0 aliphatic rings. The molecule has 0 saturated heterocycles. The van der Waals surface area contributed by atoms with Gasteiger partial charge in [-0.05, 0) is 36.8 Å². The number of benzene rings is 1. The van der Waals surface area contributed by atoms with Gasteiger partial charge in [0.15, 0.2) is 11.5 Å². The summed E-state index contributed by atoms with van der Waals surface area (Å²) in [5.41, 5.74) is 1.52. The Kier molecular flexibility index (Phi) is 4.85. The lowest BCUT2D eigenvalue weighted by Gasteiger charge is -2.20. The van der Waals surface area contributed by atoms with E-state index in [4.69, 9.17) is 9.15 Å². The number of aromatic amines is 1. The predicted octanol–water partition coefficient (Wildman–Crippen LogP) is 2.53. The number of furan rings is 1. The van der Waals surface area contributed by atoms with Crippen molar-refractivity contribution in [2.45, 2.75) is 19.1 Å². The van der Waals surface area contributed by atoms with Crippen LogP contribution in [0.5, 0.6) is 5.75 Å². The summed E-state index contributed by atoms with van der Waals surface area (Å²) in [5.74, 6) is 0.918. The van der Waals surface area contributed by atoms with Gasteiger partial charge in [-0.1, -0.05) is 12.1 Å². The van der Waals surface area contributed by atoms with Crippen LogP contribution < -0.4 is 10.1 Å². The Labute approximate surface area is 144 Å². The van der Waals surface area contributed by atoms with Gasteiger partial charge in [-0.3, -0.25) is 9.89 Å². The SMILES string of the molecule is COc1ccc(C(O)C(C)NC(=O)c2cc(-c3ccco3)[nH]n2)cc1. The maximum atomic E-state index is 12.3. The normalized spacial score (nSPS) is 13.2. The molecule has 3 N–H and O–H groups in total. The summed E-state index contributed by atoms with van der Waals surface area (Å²) in [6.07, 6.45) is 0.696. The molecule has 1 amide bonds. The first-order valence-corrected chi connectivity index (χ1v) is 7.80. The fraction of sp³-hybridized carbons (Fsp3) is 0.222. The topological polar surface area (TPSA) is 100 Å². The van der Waals surface area contributed by atoms with Gasteiger partial charge in [0.25, 0.3) is 5.91 Å². The van der Waals surface area contributed by atoms with Crippen LogP contribution in [0.1, 0.15) is 29.1 Å². The molecule has 0 bridgehead atoms. The third-order valence-electron chi connectivity index (χ3n) is 3.89. The average Bonchev–Trinajstić information content (AvgIpc) is 3.32. The molecule has 25 heavy (non-hydrogen) atoms. The van der Waals surface area contributed by atoms with Crippen molar-refractivity contribution in [1.82, 2.24) is 15.5 Å². The van der Waals surface area contributed by atoms with Gasteiger partial charge in [0.05, 0.1) is 25.5 Å². The quantitative estimate of drug-likeness (QED) is 0.640. The van der Waals surface area contributed by atoms with Gasteiger partial charge in [0.1, 0.15) is 11.4 Å². The zero-order valence-corrected chi connectivity index (χ0v) is 13.9. The van der Waals surface area contributed by atoms with Gasteiger partial charge in [0, 0.05) is 6.07 Å². The number of aliphatic hydroxyl groups is 1. The first-order valence-electron chi connectivity index (χ1n) is 7.80. The molecule has 0 radical (unpaired) electrons. The van der Waals surface area contributed by atoms with E-state index in [1.54, 1.807) is 62.8 Å². The molecule has 130 valence electrons. The van der Waals surface area contributed by atoms with Crippen molar-refractivity contribution in [3.05, 3.63) is 60.0 Å². The third-order valence-corrected chi connectivity index (χ3v) is 3.89. The number of aliphatic hydroxyl groups excluding tert-OH is 1. The van der Waals surface area contributed by atoms with E-state index in [1.807, 2.05) is 0 Å². The Morgan fingerprint density at radius 1 is 1.32 bits per heavy atom. The Balaban J connectivity index is 1.65. The van der Waals surface area contributed by atoms with Crippen LogP contribution in [0, 0.1) is 0 Å². The van der Waals surface area contributed by atoms with Crippen LogP contribution in [0.15, 0.2) is 53.1 Å². The highest BCUT2D eigenvalue weighted by atomic mass is 16.5. The maximum absolute atomic E-state index is 12.3. The van der Waals surface area contributed by atoms with Crippen LogP contribution in [0.4, 0.5) is 0 Å². The molecule has 0 fully saturated rings.